The standard InChI is InChI=1S/C15H22ClFN2.ClH/c1-18-8-5-12-6-9-19(10-7-12)11-13-3-2-4-14(16)15(13)17;/h2-4,12,18H,5-11H2,1H3;1H. The van der Waals surface area contributed by atoms with Crippen LogP contribution in [0, 0.1) is 11.7 Å². The van der Waals surface area contributed by atoms with Gasteiger partial charge in [-0.2, -0.15) is 0 Å². The third-order valence-electron chi connectivity index (χ3n) is 3.94. The van der Waals surface area contributed by atoms with Gasteiger partial charge in [0, 0.05) is 12.1 Å². The number of hydrogen-bond donors (Lipinski definition) is 1. The molecule has 1 aliphatic rings. The maximum absolute atomic E-state index is 13.8. The lowest BCUT2D eigenvalue weighted by atomic mass is 9.93. The molecule has 0 bridgehead atoms. The molecule has 1 aliphatic heterocycles. The molecule has 0 saturated carbocycles. The molecule has 1 aromatic rings. The van der Waals surface area contributed by atoms with E-state index in [1.165, 1.54) is 19.3 Å². The Bertz CT molecular complexity index is 407. The number of rotatable bonds is 5. The predicted octanol–water partition coefficient (Wildman–Crippen LogP) is 3.72. The number of likely N-dealkylation sites (tertiary alicyclic amines) is 1. The first-order valence-electron chi connectivity index (χ1n) is 7.00. The summed E-state index contributed by atoms with van der Waals surface area (Å²) in [6, 6.07) is 5.25. The number of nitrogens with one attached hydrogen (secondary N) is 1. The van der Waals surface area contributed by atoms with E-state index >= 15 is 0 Å². The average Bonchev–Trinajstić information content (AvgIpc) is 2.43. The van der Waals surface area contributed by atoms with Crippen molar-refractivity contribution in [1.82, 2.24) is 10.2 Å². The van der Waals surface area contributed by atoms with Gasteiger partial charge in [-0.1, -0.05) is 23.7 Å². The molecule has 0 aromatic heterocycles. The van der Waals surface area contributed by atoms with Gasteiger partial charge >= 0.3 is 0 Å². The van der Waals surface area contributed by atoms with Crippen LogP contribution in [-0.4, -0.2) is 31.6 Å². The quantitative estimate of drug-likeness (QED) is 0.889. The Morgan fingerprint density at radius 3 is 2.70 bits per heavy atom. The molecular formula is C15H23Cl2FN2. The van der Waals surface area contributed by atoms with Gasteiger partial charge in [-0.05, 0) is 57.9 Å². The van der Waals surface area contributed by atoms with Crippen molar-refractivity contribution in [3.05, 3.63) is 34.6 Å². The van der Waals surface area contributed by atoms with Crippen molar-refractivity contribution in [2.24, 2.45) is 5.92 Å². The van der Waals surface area contributed by atoms with Crippen molar-refractivity contribution < 1.29 is 4.39 Å². The van der Waals surface area contributed by atoms with E-state index in [4.69, 9.17) is 11.6 Å². The molecule has 5 heteroatoms. The zero-order valence-corrected chi connectivity index (χ0v) is 13.4. The topological polar surface area (TPSA) is 15.3 Å². The number of hydrogen-bond acceptors (Lipinski definition) is 2. The van der Waals surface area contributed by atoms with E-state index in [-0.39, 0.29) is 23.2 Å². The highest BCUT2D eigenvalue weighted by molar-refractivity contribution is 6.30. The fourth-order valence-electron chi connectivity index (χ4n) is 2.69. The van der Waals surface area contributed by atoms with E-state index < -0.39 is 0 Å². The fourth-order valence-corrected chi connectivity index (χ4v) is 2.89. The van der Waals surface area contributed by atoms with Crippen LogP contribution in [0.5, 0.6) is 0 Å². The summed E-state index contributed by atoms with van der Waals surface area (Å²) in [4.78, 5) is 2.32. The van der Waals surface area contributed by atoms with Crippen LogP contribution in [0.25, 0.3) is 0 Å². The molecule has 20 heavy (non-hydrogen) atoms. The molecule has 1 aromatic carbocycles. The lowest BCUT2D eigenvalue weighted by molar-refractivity contribution is 0.171. The van der Waals surface area contributed by atoms with Gasteiger partial charge in [-0.25, -0.2) is 4.39 Å². The number of benzene rings is 1. The monoisotopic (exact) mass is 320 g/mol. The van der Waals surface area contributed by atoms with Crippen molar-refractivity contribution in [3.63, 3.8) is 0 Å². The molecule has 114 valence electrons. The van der Waals surface area contributed by atoms with Crippen LogP contribution in [0.3, 0.4) is 0 Å². The van der Waals surface area contributed by atoms with Gasteiger partial charge in [0.1, 0.15) is 5.82 Å². The Hall–Kier alpha value is -0.350. The Balaban J connectivity index is 0.00000200. The third-order valence-corrected chi connectivity index (χ3v) is 4.23. The van der Waals surface area contributed by atoms with Crippen LogP contribution < -0.4 is 5.32 Å². The molecule has 1 fully saturated rings. The first-order valence-corrected chi connectivity index (χ1v) is 7.38. The van der Waals surface area contributed by atoms with Crippen LogP contribution >= 0.6 is 24.0 Å². The van der Waals surface area contributed by atoms with Crippen molar-refractivity contribution >= 4 is 24.0 Å². The highest BCUT2D eigenvalue weighted by atomic mass is 35.5. The minimum Gasteiger partial charge on any atom is -0.320 e. The van der Waals surface area contributed by atoms with Gasteiger partial charge < -0.3 is 5.32 Å². The van der Waals surface area contributed by atoms with Crippen molar-refractivity contribution in [2.75, 3.05) is 26.7 Å². The summed E-state index contributed by atoms with van der Waals surface area (Å²) < 4.78 is 13.8. The predicted molar refractivity (Wildman–Crippen MR) is 85.2 cm³/mol. The van der Waals surface area contributed by atoms with Crippen LogP contribution in [0.1, 0.15) is 24.8 Å². The largest absolute Gasteiger partial charge is 0.320 e. The van der Waals surface area contributed by atoms with E-state index in [1.807, 2.05) is 19.2 Å². The lowest BCUT2D eigenvalue weighted by Crippen LogP contribution is -2.34. The molecule has 0 aliphatic carbocycles. The molecule has 0 spiro atoms. The summed E-state index contributed by atoms with van der Waals surface area (Å²) >= 11 is 5.81. The molecule has 1 N–H and O–H groups in total. The van der Waals surface area contributed by atoms with Gasteiger partial charge in [-0.3, -0.25) is 4.90 Å². The molecular weight excluding hydrogens is 298 g/mol. The average molecular weight is 321 g/mol. The van der Waals surface area contributed by atoms with Gasteiger partial charge in [0.25, 0.3) is 0 Å². The van der Waals surface area contributed by atoms with Crippen LogP contribution in [0.15, 0.2) is 18.2 Å². The zero-order valence-electron chi connectivity index (χ0n) is 11.9. The lowest BCUT2D eigenvalue weighted by Gasteiger charge is -2.32. The smallest absolute Gasteiger partial charge is 0.146 e. The maximum Gasteiger partial charge on any atom is 0.146 e. The Morgan fingerprint density at radius 1 is 1.35 bits per heavy atom. The molecule has 1 saturated heterocycles. The van der Waals surface area contributed by atoms with Gasteiger partial charge in [0.05, 0.1) is 5.02 Å². The molecule has 0 atom stereocenters. The van der Waals surface area contributed by atoms with Crippen LogP contribution in [-0.2, 0) is 6.54 Å². The summed E-state index contributed by atoms with van der Waals surface area (Å²) in [6.07, 6.45) is 3.67. The second kappa shape index (κ2) is 8.83. The van der Waals surface area contributed by atoms with E-state index in [0.717, 1.165) is 25.6 Å². The van der Waals surface area contributed by atoms with Crippen molar-refractivity contribution in [3.8, 4) is 0 Å². The fraction of sp³-hybridized carbons (Fsp3) is 0.600. The summed E-state index contributed by atoms with van der Waals surface area (Å²) in [5.74, 6) is 0.550. The van der Waals surface area contributed by atoms with E-state index in [0.29, 0.717) is 12.1 Å². The summed E-state index contributed by atoms with van der Waals surface area (Å²) in [7, 11) is 2.00. The van der Waals surface area contributed by atoms with E-state index in [9.17, 15) is 4.39 Å². The number of piperidine rings is 1. The van der Waals surface area contributed by atoms with Gasteiger partial charge in [0.2, 0.25) is 0 Å². The normalized spacial score (nSPS) is 16.9. The van der Waals surface area contributed by atoms with E-state index in [2.05, 4.69) is 10.2 Å². The second-order valence-corrected chi connectivity index (χ2v) is 5.73. The van der Waals surface area contributed by atoms with Crippen LogP contribution in [0.4, 0.5) is 4.39 Å². The minimum absolute atomic E-state index is 0. The first-order chi connectivity index (χ1) is 9.20. The zero-order chi connectivity index (χ0) is 13.7. The minimum atomic E-state index is -0.263. The Kier molecular flexibility index (Phi) is 7.82. The summed E-state index contributed by atoms with van der Waals surface area (Å²) in [5.41, 5.74) is 0.709. The molecule has 0 amide bonds. The van der Waals surface area contributed by atoms with E-state index in [1.54, 1.807) is 6.07 Å². The summed E-state index contributed by atoms with van der Waals surface area (Å²) in [5, 5.41) is 3.43. The third kappa shape index (κ3) is 4.88. The highest BCUT2D eigenvalue weighted by Gasteiger charge is 2.19. The van der Waals surface area contributed by atoms with Crippen LogP contribution in [0.2, 0.25) is 5.02 Å². The second-order valence-electron chi connectivity index (χ2n) is 5.32. The number of nitrogens with zero attached hydrogens (tertiary/aromatic N) is 1. The molecule has 1 heterocycles. The van der Waals surface area contributed by atoms with Gasteiger partial charge in [0.15, 0.2) is 0 Å². The number of halogens is 3. The molecule has 0 radical (unpaired) electrons. The maximum atomic E-state index is 13.8. The SMILES string of the molecule is CNCCC1CCN(Cc2cccc(Cl)c2F)CC1.Cl. The molecule has 2 rings (SSSR count). The molecule has 2 nitrogen and oxygen atoms in total. The van der Waals surface area contributed by atoms with Crippen molar-refractivity contribution in [1.29, 1.82) is 0 Å². The Labute approximate surface area is 132 Å². The molecule has 0 unspecified atom stereocenters. The van der Waals surface area contributed by atoms with Crippen molar-refractivity contribution in [2.45, 2.75) is 25.8 Å². The Morgan fingerprint density at radius 2 is 2.05 bits per heavy atom. The highest BCUT2D eigenvalue weighted by Crippen LogP contribution is 2.24. The summed E-state index contributed by atoms with van der Waals surface area (Å²) in [6.45, 7) is 3.87. The van der Waals surface area contributed by atoms with Gasteiger partial charge in [-0.15, -0.1) is 12.4 Å². The first kappa shape index (κ1) is 17.7.